The van der Waals surface area contributed by atoms with Crippen molar-refractivity contribution >= 4 is 17.4 Å². The second-order valence-electron chi connectivity index (χ2n) is 4.20. The minimum atomic E-state index is 0.200. The number of hydrogen-bond acceptors (Lipinski definition) is 2. The third-order valence-corrected chi connectivity index (χ3v) is 2.79. The Labute approximate surface area is 109 Å². The van der Waals surface area contributed by atoms with Crippen molar-refractivity contribution in [1.29, 1.82) is 0 Å². The standard InChI is InChI=1S/C14H21NOS/c1-3-4-8-12(2)16-14(17)15-11-13-9-6-5-7-10-13/h5-7,9-10,12H,3-4,8,11H2,1-2H3,(H,15,17). The van der Waals surface area contributed by atoms with Gasteiger partial charge >= 0.3 is 0 Å². The number of hydrogen-bond donors (Lipinski definition) is 1. The van der Waals surface area contributed by atoms with Crippen LogP contribution in [0.4, 0.5) is 0 Å². The van der Waals surface area contributed by atoms with E-state index in [2.05, 4.69) is 31.3 Å². The molecule has 0 spiro atoms. The van der Waals surface area contributed by atoms with Crippen LogP contribution in [0.15, 0.2) is 30.3 Å². The second kappa shape index (κ2) is 8.07. The summed E-state index contributed by atoms with van der Waals surface area (Å²) in [7, 11) is 0. The van der Waals surface area contributed by atoms with E-state index in [-0.39, 0.29) is 6.10 Å². The predicted molar refractivity (Wildman–Crippen MR) is 76.0 cm³/mol. The first kappa shape index (κ1) is 14.0. The lowest BCUT2D eigenvalue weighted by Gasteiger charge is -2.15. The van der Waals surface area contributed by atoms with E-state index >= 15 is 0 Å². The van der Waals surface area contributed by atoms with Gasteiger partial charge in [0.2, 0.25) is 0 Å². The summed E-state index contributed by atoms with van der Waals surface area (Å²) in [6, 6.07) is 10.2. The summed E-state index contributed by atoms with van der Waals surface area (Å²) < 4.78 is 5.59. The van der Waals surface area contributed by atoms with E-state index in [9.17, 15) is 0 Å². The summed E-state index contributed by atoms with van der Waals surface area (Å²) in [6.07, 6.45) is 3.63. The fraction of sp³-hybridized carbons (Fsp3) is 0.500. The monoisotopic (exact) mass is 251 g/mol. The van der Waals surface area contributed by atoms with Gasteiger partial charge in [-0.1, -0.05) is 50.1 Å². The van der Waals surface area contributed by atoms with Crippen LogP contribution in [0.2, 0.25) is 0 Å². The smallest absolute Gasteiger partial charge is 0.257 e. The SMILES string of the molecule is CCCCC(C)OC(=S)NCc1ccccc1. The highest BCUT2D eigenvalue weighted by molar-refractivity contribution is 7.80. The van der Waals surface area contributed by atoms with E-state index < -0.39 is 0 Å². The van der Waals surface area contributed by atoms with Gasteiger partial charge in [-0.3, -0.25) is 0 Å². The topological polar surface area (TPSA) is 21.3 Å². The molecular weight excluding hydrogens is 230 g/mol. The van der Waals surface area contributed by atoms with E-state index in [4.69, 9.17) is 17.0 Å². The fourth-order valence-corrected chi connectivity index (χ4v) is 1.78. The zero-order valence-electron chi connectivity index (χ0n) is 10.6. The van der Waals surface area contributed by atoms with Crippen LogP contribution < -0.4 is 5.32 Å². The van der Waals surface area contributed by atoms with Gasteiger partial charge in [-0.15, -0.1) is 0 Å². The summed E-state index contributed by atoms with van der Waals surface area (Å²) in [4.78, 5) is 0. The number of rotatable bonds is 6. The third-order valence-electron chi connectivity index (χ3n) is 2.55. The van der Waals surface area contributed by atoms with Crippen molar-refractivity contribution in [1.82, 2.24) is 5.32 Å². The van der Waals surface area contributed by atoms with Crippen molar-refractivity contribution in [3.63, 3.8) is 0 Å². The lowest BCUT2D eigenvalue weighted by atomic mass is 10.2. The molecule has 1 aromatic rings. The molecule has 1 unspecified atom stereocenters. The molecule has 0 fully saturated rings. The first-order valence-corrected chi connectivity index (χ1v) is 6.61. The Balaban J connectivity index is 2.21. The van der Waals surface area contributed by atoms with Gasteiger partial charge in [0, 0.05) is 6.54 Å². The molecule has 0 aliphatic heterocycles. The zero-order valence-corrected chi connectivity index (χ0v) is 11.4. The Bertz CT molecular complexity index is 326. The van der Waals surface area contributed by atoms with Crippen molar-refractivity contribution < 1.29 is 4.74 Å². The number of ether oxygens (including phenoxy) is 1. The molecule has 0 aliphatic rings. The first-order valence-electron chi connectivity index (χ1n) is 6.20. The van der Waals surface area contributed by atoms with E-state index in [1.807, 2.05) is 18.2 Å². The molecule has 0 bridgehead atoms. The Morgan fingerprint density at radius 3 is 2.71 bits per heavy atom. The van der Waals surface area contributed by atoms with Gasteiger partial charge in [-0.05, 0) is 31.1 Å². The quantitative estimate of drug-likeness (QED) is 0.780. The van der Waals surface area contributed by atoms with Crippen molar-refractivity contribution in [2.24, 2.45) is 0 Å². The zero-order chi connectivity index (χ0) is 12.5. The molecule has 0 aromatic heterocycles. The summed E-state index contributed by atoms with van der Waals surface area (Å²) in [6.45, 7) is 4.96. The van der Waals surface area contributed by atoms with Crippen molar-refractivity contribution in [2.45, 2.75) is 45.8 Å². The Morgan fingerprint density at radius 2 is 2.06 bits per heavy atom. The molecular formula is C14H21NOS. The highest BCUT2D eigenvalue weighted by Crippen LogP contribution is 2.04. The maximum atomic E-state index is 5.59. The summed E-state index contributed by atoms with van der Waals surface area (Å²) in [5.41, 5.74) is 1.21. The number of benzene rings is 1. The van der Waals surface area contributed by atoms with Crippen LogP contribution in [0, 0.1) is 0 Å². The van der Waals surface area contributed by atoms with Gasteiger partial charge in [0.25, 0.3) is 5.17 Å². The molecule has 3 heteroatoms. The largest absolute Gasteiger partial charge is 0.468 e. The van der Waals surface area contributed by atoms with Gasteiger partial charge in [0.15, 0.2) is 0 Å². The highest BCUT2D eigenvalue weighted by atomic mass is 32.1. The van der Waals surface area contributed by atoms with Crippen LogP contribution in [0.1, 0.15) is 38.7 Å². The van der Waals surface area contributed by atoms with Gasteiger partial charge < -0.3 is 10.1 Å². The second-order valence-corrected chi connectivity index (χ2v) is 4.57. The molecule has 17 heavy (non-hydrogen) atoms. The van der Waals surface area contributed by atoms with Gasteiger partial charge in [-0.25, -0.2) is 0 Å². The summed E-state index contributed by atoms with van der Waals surface area (Å²) >= 11 is 5.15. The van der Waals surface area contributed by atoms with Gasteiger partial charge in [-0.2, -0.15) is 0 Å². The average molecular weight is 251 g/mol. The van der Waals surface area contributed by atoms with Crippen LogP contribution in [0.5, 0.6) is 0 Å². The summed E-state index contributed by atoms with van der Waals surface area (Å²) in [5, 5.41) is 3.61. The van der Waals surface area contributed by atoms with E-state index in [1.165, 1.54) is 18.4 Å². The molecule has 1 aromatic carbocycles. The molecule has 94 valence electrons. The van der Waals surface area contributed by atoms with Crippen molar-refractivity contribution in [3.8, 4) is 0 Å². The van der Waals surface area contributed by atoms with Gasteiger partial charge in [0.05, 0.1) is 6.10 Å². The molecule has 0 heterocycles. The Morgan fingerprint density at radius 1 is 1.35 bits per heavy atom. The predicted octanol–water partition coefficient (Wildman–Crippen LogP) is 3.66. The maximum absolute atomic E-state index is 5.59. The van der Waals surface area contributed by atoms with Gasteiger partial charge in [0.1, 0.15) is 0 Å². The Kier molecular flexibility index (Phi) is 6.63. The molecule has 1 rings (SSSR count). The van der Waals surface area contributed by atoms with Crippen molar-refractivity contribution in [3.05, 3.63) is 35.9 Å². The molecule has 0 saturated carbocycles. The first-order chi connectivity index (χ1) is 8.22. The number of nitrogens with one attached hydrogen (secondary N) is 1. The van der Waals surface area contributed by atoms with Crippen LogP contribution in [0.25, 0.3) is 0 Å². The minimum absolute atomic E-state index is 0.200. The lowest BCUT2D eigenvalue weighted by molar-refractivity contribution is 0.190. The number of unbranched alkanes of at least 4 members (excludes halogenated alkanes) is 1. The lowest BCUT2D eigenvalue weighted by Crippen LogP contribution is -2.27. The van der Waals surface area contributed by atoms with E-state index in [0.29, 0.717) is 5.17 Å². The summed E-state index contributed by atoms with van der Waals surface area (Å²) in [5.74, 6) is 0. The van der Waals surface area contributed by atoms with Crippen molar-refractivity contribution in [2.75, 3.05) is 0 Å². The highest BCUT2D eigenvalue weighted by Gasteiger charge is 2.05. The van der Waals surface area contributed by atoms with Crippen LogP contribution >= 0.6 is 12.2 Å². The molecule has 0 amide bonds. The van der Waals surface area contributed by atoms with Crippen LogP contribution in [0.3, 0.4) is 0 Å². The molecule has 1 N–H and O–H groups in total. The average Bonchev–Trinajstić information content (AvgIpc) is 2.35. The van der Waals surface area contributed by atoms with E-state index in [1.54, 1.807) is 0 Å². The molecule has 0 aliphatic carbocycles. The Hall–Kier alpha value is -1.09. The fourth-order valence-electron chi connectivity index (χ4n) is 1.54. The number of thiocarbonyl (C=S) groups is 1. The molecule has 0 radical (unpaired) electrons. The van der Waals surface area contributed by atoms with E-state index in [0.717, 1.165) is 13.0 Å². The van der Waals surface area contributed by atoms with Crippen LogP contribution in [-0.4, -0.2) is 11.3 Å². The normalized spacial score (nSPS) is 11.9. The van der Waals surface area contributed by atoms with Crippen LogP contribution in [-0.2, 0) is 11.3 Å². The minimum Gasteiger partial charge on any atom is -0.468 e. The molecule has 0 saturated heterocycles. The third kappa shape index (κ3) is 6.27. The molecule has 1 atom stereocenters. The maximum Gasteiger partial charge on any atom is 0.257 e. The molecule has 2 nitrogen and oxygen atoms in total.